The number of nitrogens with zero attached hydrogens (tertiary/aromatic N) is 1. The van der Waals surface area contributed by atoms with E-state index in [1.165, 1.54) is 31.4 Å². The number of likely N-dealkylation sites (tertiary alicyclic amines) is 1. The fourth-order valence-electron chi connectivity index (χ4n) is 2.94. The van der Waals surface area contributed by atoms with Gasteiger partial charge >= 0.3 is 0 Å². The predicted molar refractivity (Wildman–Crippen MR) is 79.3 cm³/mol. The van der Waals surface area contributed by atoms with Crippen LogP contribution in [-0.4, -0.2) is 30.6 Å². The molecule has 0 aromatic heterocycles. The van der Waals surface area contributed by atoms with E-state index in [2.05, 4.69) is 23.1 Å². The second-order valence-corrected chi connectivity index (χ2v) is 5.24. The Morgan fingerprint density at radius 3 is 2.95 bits per heavy atom. The van der Waals surface area contributed by atoms with Crippen LogP contribution in [-0.2, 0) is 6.54 Å². The van der Waals surface area contributed by atoms with E-state index >= 15 is 0 Å². The monoisotopic (exact) mass is 262 g/mol. The third-order valence-electron chi connectivity index (χ3n) is 3.89. The van der Waals surface area contributed by atoms with E-state index in [4.69, 9.17) is 10.5 Å². The van der Waals surface area contributed by atoms with Crippen molar-refractivity contribution in [2.24, 2.45) is 5.73 Å². The van der Waals surface area contributed by atoms with Crippen LogP contribution >= 0.6 is 0 Å². The molecule has 3 heteroatoms. The van der Waals surface area contributed by atoms with Crippen molar-refractivity contribution in [2.45, 2.75) is 45.2 Å². The second-order valence-electron chi connectivity index (χ2n) is 5.24. The molecule has 19 heavy (non-hydrogen) atoms. The van der Waals surface area contributed by atoms with Crippen LogP contribution in [0, 0.1) is 0 Å². The van der Waals surface area contributed by atoms with Gasteiger partial charge in [-0.2, -0.15) is 0 Å². The van der Waals surface area contributed by atoms with E-state index in [1.807, 2.05) is 13.0 Å². The molecule has 1 aromatic carbocycles. The van der Waals surface area contributed by atoms with E-state index in [9.17, 15) is 0 Å². The zero-order valence-electron chi connectivity index (χ0n) is 12.0. The number of para-hydroxylation sites is 1. The summed E-state index contributed by atoms with van der Waals surface area (Å²) in [5.74, 6) is 1.03. The largest absolute Gasteiger partial charge is 0.494 e. The third kappa shape index (κ3) is 3.95. The third-order valence-corrected chi connectivity index (χ3v) is 3.89. The summed E-state index contributed by atoms with van der Waals surface area (Å²) in [5.41, 5.74) is 7.04. The molecule has 0 spiro atoms. The van der Waals surface area contributed by atoms with Gasteiger partial charge in [0.15, 0.2) is 0 Å². The van der Waals surface area contributed by atoms with Crippen LogP contribution in [0.2, 0.25) is 0 Å². The minimum absolute atomic E-state index is 0.647. The molecule has 1 saturated heterocycles. The van der Waals surface area contributed by atoms with Crippen molar-refractivity contribution in [2.75, 3.05) is 19.7 Å². The molecule has 0 aliphatic carbocycles. The number of rotatable bonds is 6. The van der Waals surface area contributed by atoms with Crippen molar-refractivity contribution in [1.82, 2.24) is 4.90 Å². The highest BCUT2D eigenvalue weighted by Gasteiger charge is 2.22. The fourth-order valence-corrected chi connectivity index (χ4v) is 2.94. The first-order valence-electron chi connectivity index (χ1n) is 7.50. The summed E-state index contributed by atoms with van der Waals surface area (Å²) in [7, 11) is 0. The average molecular weight is 262 g/mol. The summed E-state index contributed by atoms with van der Waals surface area (Å²) >= 11 is 0. The number of benzene rings is 1. The van der Waals surface area contributed by atoms with E-state index in [1.54, 1.807) is 0 Å². The summed E-state index contributed by atoms with van der Waals surface area (Å²) in [6.07, 6.45) is 5.04. The molecular weight excluding hydrogens is 236 g/mol. The maximum Gasteiger partial charge on any atom is 0.123 e. The Labute approximate surface area is 116 Å². The first-order valence-corrected chi connectivity index (χ1v) is 7.50. The van der Waals surface area contributed by atoms with Gasteiger partial charge < -0.3 is 10.5 Å². The molecule has 3 nitrogen and oxygen atoms in total. The number of nitrogens with two attached hydrogens (primary N) is 1. The molecule has 1 fully saturated rings. The first-order chi connectivity index (χ1) is 9.35. The van der Waals surface area contributed by atoms with Crippen LogP contribution in [0.5, 0.6) is 5.75 Å². The van der Waals surface area contributed by atoms with E-state index in [0.29, 0.717) is 6.04 Å². The SMILES string of the molecule is CCOc1ccccc1CN1CCCCC1CCN. The van der Waals surface area contributed by atoms with Gasteiger partial charge in [-0.3, -0.25) is 4.90 Å². The van der Waals surface area contributed by atoms with Crippen molar-refractivity contribution in [3.63, 3.8) is 0 Å². The molecule has 2 N–H and O–H groups in total. The highest BCUT2D eigenvalue weighted by molar-refractivity contribution is 5.33. The Hall–Kier alpha value is -1.06. The van der Waals surface area contributed by atoms with Crippen LogP contribution in [0.3, 0.4) is 0 Å². The van der Waals surface area contributed by atoms with Crippen LogP contribution in [0.25, 0.3) is 0 Å². The molecular formula is C16H26N2O. The molecule has 1 heterocycles. The van der Waals surface area contributed by atoms with Crippen molar-refractivity contribution in [1.29, 1.82) is 0 Å². The molecule has 2 rings (SSSR count). The summed E-state index contributed by atoms with van der Waals surface area (Å²) in [4.78, 5) is 2.58. The Kier molecular flexibility index (Phi) is 5.67. The molecule has 1 unspecified atom stereocenters. The van der Waals surface area contributed by atoms with Crippen molar-refractivity contribution < 1.29 is 4.74 Å². The molecule has 0 radical (unpaired) electrons. The highest BCUT2D eigenvalue weighted by atomic mass is 16.5. The second kappa shape index (κ2) is 7.51. The van der Waals surface area contributed by atoms with Crippen molar-refractivity contribution in [3.05, 3.63) is 29.8 Å². The number of hydrogen-bond acceptors (Lipinski definition) is 3. The first kappa shape index (κ1) is 14.4. The Morgan fingerprint density at radius 1 is 1.32 bits per heavy atom. The summed E-state index contributed by atoms with van der Waals surface area (Å²) in [5, 5.41) is 0. The quantitative estimate of drug-likeness (QED) is 0.856. The lowest BCUT2D eigenvalue weighted by Gasteiger charge is -2.36. The lowest BCUT2D eigenvalue weighted by Crippen LogP contribution is -2.40. The molecule has 1 aliphatic rings. The molecule has 0 bridgehead atoms. The summed E-state index contributed by atoms with van der Waals surface area (Å²) in [6.45, 7) is 5.72. The lowest BCUT2D eigenvalue weighted by molar-refractivity contribution is 0.132. The van der Waals surface area contributed by atoms with E-state index in [0.717, 1.165) is 31.9 Å². The normalized spacial score (nSPS) is 20.4. The van der Waals surface area contributed by atoms with E-state index in [-0.39, 0.29) is 0 Å². The van der Waals surface area contributed by atoms with E-state index < -0.39 is 0 Å². The maximum atomic E-state index is 5.74. The Morgan fingerprint density at radius 2 is 2.16 bits per heavy atom. The van der Waals surface area contributed by atoms with Crippen molar-refractivity contribution >= 4 is 0 Å². The minimum atomic E-state index is 0.647. The molecule has 0 amide bonds. The number of hydrogen-bond donors (Lipinski definition) is 1. The van der Waals surface area contributed by atoms with Gasteiger partial charge in [0.25, 0.3) is 0 Å². The van der Waals surface area contributed by atoms with Gasteiger partial charge in [-0.15, -0.1) is 0 Å². The number of ether oxygens (including phenoxy) is 1. The van der Waals surface area contributed by atoms with Gasteiger partial charge in [0.05, 0.1) is 6.61 Å². The zero-order valence-corrected chi connectivity index (χ0v) is 12.0. The molecule has 0 saturated carbocycles. The maximum absolute atomic E-state index is 5.74. The zero-order chi connectivity index (χ0) is 13.5. The number of piperidine rings is 1. The standard InChI is InChI=1S/C16H26N2O/c1-2-19-16-9-4-3-7-14(16)13-18-12-6-5-8-15(18)10-11-17/h3-4,7,9,15H,2,5-6,8,10-13,17H2,1H3. The van der Waals surface area contributed by atoms with Gasteiger partial charge in [0, 0.05) is 18.2 Å². The molecule has 1 atom stereocenters. The van der Waals surface area contributed by atoms with Crippen LogP contribution in [0.15, 0.2) is 24.3 Å². The Balaban J connectivity index is 2.05. The fraction of sp³-hybridized carbons (Fsp3) is 0.625. The molecule has 1 aromatic rings. The van der Waals surface area contributed by atoms with Gasteiger partial charge in [-0.1, -0.05) is 24.6 Å². The van der Waals surface area contributed by atoms with Crippen LogP contribution < -0.4 is 10.5 Å². The average Bonchev–Trinajstić information content (AvgIpc) is 2.44. The van der Waals surface area contributed by atoms with Gasteiger partial charge in [-0.05, 0) is 45.3 Å². The van der Waals surface area contributed by atoms with Gasteiger partial charge in [0.2, 0.25) is 0 Å². The van der Waals surface area contributed by atoms with Crippen LogP contribution in [0.1, 0.15) is 38.2 Å². The highest BCUT2D eigenvalue weighted by Crippen LogP contribution is 2.25. The van der Waals surface area contributed by atoms with Gasteiger partial charge in [-0.25, -0.2) is 0 Å². The topological polar surface area (TPSA) is 38.5 Å². The van der Waals surface area contributed by atoms with Gasteiger partial charge in [0.1, 0.15) is 5.75 Å². The lowest BCUT2D eigenvalue weighted by atomic mass is 9.98. The minimum Gasteiger partial charge on any atom is -0.494 e. The smallest absolute Gasteiger partial charge is 0.123 e. The Bertz CT molecular complexity index is 379. The molecule has 1 aliphatic heterocycles. The van der Waals surface area contributed by atoms with Crippen LogP contribution in [0.4, 0.5) is 0 Å². The predicted octanol–water partition coefficient (Wildman–Crippen LogP) is 2.79. The summed E-state index contributed by atoms with van der Waals surface area (Å²) < 4.78 is 5.72. The van der Waals surface area contributed by atoms with Crippen molar-refractivity contribution in [3.8, 4) is 5.75 Å². The molecule has 106 valence electrons. The summed E-state index contributed by atoms with van der Waals surface area (Å²) in [6, 6.07) is 9.04.